The van der Waals surface area contributed by atoms with E-state index in [2.05, 4.69) is 6.92 Å². The Morgan fingerprint density at radius 1 is 0.710 bits per heavy atom. The van der Waals surface area contributed by atoms with E-state index in [4.69, 9.17) is 0 Å². The average molecular weight is 486 g/mol. The Morgan fingerprint density at radius 2 is 1.13 bits per heavy atom. The predicted molar refractivity (Wildman–Crippen MR) is 122 cm³/mol. The number of rotatable bonds is 18. The number of imidazole rings is 1. The molecule has 0 aliphatic heterocycles. The molecule has 0 amide bonds. The third kappa shape index (κ3) is 10.5. The Morgan fingerprint density at radius 3 is 1.55 bits per heavy atom. The first-order valence-electron chi connectivity index (χ1n) is 11.4. The fourth-order valence-corrected chi connectivity index (χ4v) is 5.74. The minimum Gasteiger partial charge on any atom is -0.311 e. The Hall–Kier alpha value is -0.210. The van der Waals surface area contributed by atoms with Crippen molar-refractivity contribution in [1.29, 1.82) is 0 Å². The van der Waals surface area contributed by atoms with E-state index < -0.39 is 27.5 Å². The molecule has 31 heavy (non-hydrogen) atoms. The van der Waals surface area contributed by atoms with Gasteiger partial charge in [-0.05, 0) is 12.8 Å². The highest BCUT2D eigenvalue weighted by Crippen LogP contribution is 2.75. The maximum absolute atomic E-state index is 10.1. The van der Waals surface area contributed by atoms with Crippen LogP contribution in [0.3, 0.4) is 0 Å². The molecule has 0 atom stereocenters. The maximum Gasteiger partial charge on any atom is 0.493 e. The monoisotopic (exact) mass is 485 g/mol. The average Bonchev–Trinajstić information content (AvgIpc) is 3.10. The van der Waals surface area contributed by atoms with Crippen LogP contribution >= 0.6 is 15.9 Å². The third-order valence-corrected chi connectivity index (χ3v) is 9.44. The fraction of sp³-hybridized carbons (Fsp3) is 0.850. The zero-order chi connectivity index (χ0) is 23.4. The van der Waals surface area contributed by atoms with Gasteiger partial charge in [-0.2, -0.15) is 29.4 Å². The zero-order valence-electron chi connectivity index (χ0n) is 18.8. The van der Waals surface area contributed by atoms with Crippen molar-refractivity contribution in [3.05, 3.63) is 18.7 Å². The summed E-state index contributed by atoms with van der Waals surface area (Å²) in [5, 5.41) is 6.90. The molecule has 0 aliphatic rings. The van der Waals surface area contributed by atoms with E-state index in [1.807, 2.05) is 4.57 Å². The molecule has 0 saturated carbocycles. The van der Waals surface area contributed by atoms with Gasteiger partial charge in [-0.1, -0.05) is 77.6 Å². The second-order valence-corrected chi connectivity index (χ2v) is 12.6. The zero-order valence-corrected chi connectivity index (χ0v) is 20.5. The number of aryl methyl sites for hydroxylation is 1. The van der Waals surface area contributed by atoms with Crippen molar-refractivity contribution in [3.8, 4) is 0 Å². The van der Waals surface area contributed by atoms with E-state index in [9.17, 15) is 34.5 Å². The fourth-order valence-electron chi connectivity index (χ4n) is 3.59. The lowest BCUT2D eigenvalue weighted by molar-refractivity contribution is -0.703. The maximum atomic E-state index is 10.1. The smallest absolute Gasteiger partial charge is 0.311 e. The van der Waals surface area contributed by atoms with Crippen LogP contribution in [0.1, 0.15) is 90.4 Å². The first-order chi connectivity index (χ1) is 14.5. The molecule has 0 fully saturated rings. The van der Waals surface area contributed by atoms with E-state index in [0.29, 0.717) is 0 Å². The molecule has 1 heterocycles. The van der Waals surface area contributed by atoms with Gasteiger partial charge in [-0.15, -0.1) is 0 Å². The molecule has 11 heteroatoms. The number of unbranched alkanes of at least 4 members (excludes halogenated alkanes) is 12. The van der Waals surface area contributed by atoms with E-state index in [1.54, 1.807) is 6.20 Å². The Labute approximate surface area is 187 Å². The summed E-state index contributed by atoms with van der Waals surface area (Å²) in [6.45, 7) is 2.19. The van der Waals surface area contributed by atoms with E-state index in [-0.39, 0.29) is 0 Å². The highest BCUT2D eigenvalue weighted by molar-refractivity contribution is 7.78. The van der Waals surface area contributed by atoms with Crippen molar-refractivity contribution in [1.82, 2.24) is 4.57 Å². The Balaban J connectivity index is 2.20. The molecule has 0 aliphatic carbocycles. The summed E-state index contributed by atoms with van der Waals surface area (Å²) in [7, 11) is -10.3. The normalized spacial score (nSPS) is 13.2. The summed E-state index contributed by atoms with van der Waals surface area (Å²) >= 11 is 0. The van der Waals surface area contributed by atoms with E-state index >= 15 is 0 Å². The highest BCUT2D eigenvalue weighted by Gasteiger charge is 2.80. The van der Waals surface area contributed by atoms with Gasteiger partial charge < -0.3 is 5.11 Å². The predicted octanol–water partition coefficient (Wildman–Crippen LogP) is 2.99. The Kier molecular flexibility index (Phi) is 13.1. The van der Waals surface area contributed by atoms with Crippen molar-refractivity contribution in [2.24, 2.45) is 0 Å². The number of nitrogens with zero attached hydrogens (tertiary/aromatic N) is 2. The molecule has 182 valence electrons. The van der Waals surface area contributed by atoms with Gasteiger partial charge in [0, 0.05) is 0 Å². The van der Waals surface area contributed by atoms with Crippen molar-refractivity contribution in [3.63, 3.8) is 0 Å². The minimum absolute atomic E-state index is 0.721. The molecule has 0 unspecified atom stereocenters. The van der Waals surface area contributed by atoms with Crippen LogP contribution in [0.25, 0.3) is 0 Å². The van der Waals surface area contributed by atoms with Crippen LogP contribution < -0.4 is 4.57 Å². The van der Waals surface area contributed by atoms with Crippen LogP contribution in [0.2, 0.25) is 0 Å². The molecule has 0 aromatic carbocycles. The molecule has 7 N–H and O–H groups in total. The molecule has 1 rings (SSSR count). The largest absolute Gasteiger partial charge is 0.493 e. The number of aliphatic hydroxyl groups is 1. The van der Waals surface area contributed by atoms with Gasteiger partial charge in [0.1, 0.15) is 12.4 Å². The van der Waals surface area contributed by atoms with Gasteiger partial charge >= 0.3 is 21.0 Å². The number of aromatic nitrogens is 2. The molecule has 0 saturated heterocycles. The van der Waals surface area contributed by atoms with Crippen LogP contribution in [-0.2, 0) is 13.1 Å². The van der Waals surface area contributed by atoms with Crippen LogP contribution in [0.5, 0.6) is 0 Å². The summed E-state index contributed by atoms with van der Waals surface area (Å²) in [4.78, 5) is 56.3. The van der Waals surface area contributed by atoms with Crippen LogP contribution in [-0.4, -0.2) is 44.1 Å². The quantitative estimate of drug-likeness (QED) is 0.0959. The lowest BCUT2D eigenvalue weighted by atomic mass is 10.0. The first kappa shape index (κ1) is 28.8. The van der Waals surface area contributed by atoms with Crippen molar-refractivity contribution < 1.29 is 39.0 Å². The lowest BCUT2D eigenvalue weighted by Crippen LogP contribution is -2.49. The van der Waals surface area contributed by atoms with Gasteiger partial charge in [0.15, 0.2) is 0 Å². The number of hydrogen-bond donors (Lipinski definition) is 7. The van der Waals surface area contributed by atoms with Gasteiger partial charge in [0.25, 0.3) is 0 Å². The van der Waals surface area contributed by atoms with E-state index in [0.717, 1.165) is 19.4 Å². The topological polar surface area (TPSA) is 150 Å². The molecule has 0 spiro atoms. The van der Waals surface area contributed by atoms with Crippen LogP contribution in [0, 0.1) is 0 Å². The standard InChI is InChI=1S/C20H43N2O7P2/c1-2-3-4-5-6-7-8-9-10-11-12-13-14-15-21-16-17-22(19-21)18-20(23,30(24,25)26)31(27,28)29/h16-17,19,23-29H,2-15,18H2,1H3/q+3. The van der Waals surface area contributed by atoms with Crippen molar-refractivity contribution >= 4 is 15.9 Å². The van der Waals surface area contributed by atoms with Gasteiger partial charge in [-0.25, -0.2) is 9.13 Å². The van der Waals surface area contributed by atoms with Crippen LogP contribution in [0.15, 0.2) is 18.7 Å². The summed E-state index contributed by atoms with van der Waals surface area (Å²) in [6.07, 6.45) is 21.2. The molecule has 0 radical (unpaired) electrons. The van der Waals surface area contributed by atoms with Gasteiger partial charge in [0.2, 0.25) is 12.9 Å². The molecule has 0 bridgehead atoms. The second-order valence-electron chi connectivity index (χ2n) is 8.48. The van der Waals surface area contributed by atoms with Gasteiger partial charge in [0.05, 0.1) is 6.54 Å². The van der Waals surface area contributed by atoms with Gasteiger partial charge in [-0.3, -0.25) is 0 Å². The Bertz CT molecular complexity index is 589. The van der Waals surface area contributed by atoms with E-state index in [1.165, 1.54) is 87.7 Å². The molecule has 9 nitrogen and oxygen atoms in total. The second kappa shape index (κ2) is 14.1. The lowest BCUT2D eigenvalue weighted by Gasteiger charge is -2.23. The minimum atomic E-state index is -5.14. The SMILES string of the molecule is CCCCCCCCCCCCCCCn1cc[n+](CC(O)([P+](O)(O)O)[P+](O)(O)O)c1. The molecular weight excluding hydrogens is 442 g/mol. The summed E-state index contributed by atoms with van der Waals surface area (Å²) in [6, 6.07) is 0. The van der Waals surface area contributed by atoms with Crippen LogP contribution in [0.4, 0.5) is 0 Å². The van der Waals surface area contributed by atoms with Crippen molar-refractivity contribution in [2.75, 3.05) is 0 Å². The van der Waals surface area contributed by atoms with Crippen molar-refractivity contribution in [2.45, 2.75) is 109 Å². The molecule has 1 aromatic rings. The third-order valence-electron chi connectivity index (χ3n) is 5.62. The first-order valence-corrected chi connectivity index (χ1v) is 14.7. The number of hydrogen-bond acceptors (Lipinski definition) is 7. The highest BCUT2D eigenvalue weighted by atomic mass is 31.3. The summed E-state index contributed by atoms with van der Waals surface area (Å²) < 4.78 is 3.08. The molecular formula is C20H43N2O7P2+3. The summed E-state index contributed by atoms with van der Waals surface area (Å²) in [5.41, 5.74) is 0. The summed E-state index contributed by atoms with van der Waals surface area (Å²) in [5.74, 6) is 0. The molecule has 1 aromatic heterocycles.